The van der Waals surface area contributed by atoms with Crippen LogP contribution in [0.15, 0.2) is 49.1 Å². The molecule has 6 heteroatoms. The molecule has 3 aromatic rings. The van der Waals surface area contributed by atoms with E-state index in [1.807, 2.05) is 24.3 Å². The van der Waals surface area contributed by atoms with Gasteiger partial charge in [0.1, 0.15) is 5.69 Å². The van der Waals surface area contributed by atoms with Gasteiger partial charge in [-0.1, -0.05) is 6.92 Å². The van der Waals surface area contributed by atoms with Gasteiger partial charge in [0, 0.05) is 42.8 Å². The first-order valence-electron chi connectivity index (χ1n) is 9.43. The molecule has 0 radical (unpaired) electrons. The summed E-state index contributed by atoms with van der Waals surface area (Å²) in [6.07, 6.45) is 9.11. The van der Waals surface area contributed by atoms with Crippen LogP contribution in [0, 0.1) is 0 Å². The van der Waals surface area contributed by atoms with Crippen LogP contribution in [0.25, 0.3) is 22.0 Å². The minimum Gasteiger partial charge on any atom is -0.347 e. The third-order valence-electron chi connectivity index (χ3n) is 5.12. The van der Waals surface area contributed by atoms with Crippen molar-refractivity contribution in [2.24, 2.45) is 0 Å². The van der Waals surface area contributed by atoms with Gasteiger partial charge in [-0.2, -0.15) is 0 Å². The van der Waals surface area contributed by atoms with Gasteiger partial charge in [0.05, 0.1) is 5.52 Å². The molecule has 1 amide bonds. The summed E-state index contributed by atoms with van der Waals surface area (Å²) in [6.45, 7) is 5.18. The molecule has 3 aromatic heterocycles. The number of amides is 1. The first-order chi connectivity index (χ1) is 13.2. The SMILES string of the molecule is CCN1CCC[C@@H](NC(=O)c2cc(-c3ccncc3)c3cnccc3n2)C1. The van der Waals surface area contributed by atoms with Crippen molar-refractivity contribution in [3.63, 3.8) is 0 Å². The lowest BCUT2D eigenvalue weighted by Crippen LogP contribution is -2.47. The van der Waals surface area contributed by atoms with Crippen LogP contribution >= 0.6 is 0 Å². The smallest absolute Gasteiger partial charge is 0.270 e. The fourth-order valence-electron chi connectivity index (χ4n) is 3.68. The highest BCUT2D eigenvalue weighted by Gasteiger charge is 2.22. The predicted octanol–water partition coefficient (Wildman–Crippen LogP) is 2.91. The fourth-order valence-corrected chi connectivity index (χ4v) is 3.68. The Bertz CT molecular complexity index is 944. The second-order valence-electron chi connectivity index (χ2n) is 6.89. The second kappa shape index (κ2) is 7.80. The first kappa shape index (κ1) is 17.5. The van der Waals surface area contributed by atoms with E-state index in [0.717, 1.165) is 54.5 Å². The van der Waals surface area contributed by atoms with E-state index in [4.69, 9.17) is 0 Å². The van der Waals surface area contributed by atoms with Crippen LogP contribution < -0.4 is 5.32 Å². The Morgan fingerprint density at radius 3 is 2.85 bits per heavy atom. The van der Waals surface area contributed by atoms with Crippen LogP contribution in [0.4, 0.5) is 0 Å². The number of likely N-dealkylation sites (N-methyl/N-ethyl adjacent to an activating group) is 1. The number of carbonyl (C=O) groups is 1. The quantitative estimate of drug-likeness (QED) is 0.774. The molecule has 27 heavy (non-hydrogen) atoms. The molecule has 0 aliphatic carbocycles. The number of aromatic nitrogens is 3. The van der Waals surface area contributed by atoms with Gasteiger partial charge in [0.15, 0.2) is 0 Å². The maximum absolute atomic E-state index is 12.9. The minimum absolute atomic E-state index is 0.119. The van der Waals surface area contributed by atoms with Crippen LogP contribution in [0.5, 0.6) is 0 Å². The molecule has 1 saturated heterocycles. The lowest BCUT2D eigenvalue weighted by Gasteiger charge is -2.32. The number of likely N-dealkylation sites (tertiary alicyclic amines) is 1. The van der Waals surface area contributed by atoms with Crippen LogP contribution in [-0.2, 0) is 0 Å². The van der Waals surface area contributed by atoms with Crippen molar-refractivity contribution in [2.45, 2.75) is 25.8 Å². The predicted molar refractivity (Wildman–Crippen MR) is 105 cm³/mol. The van der Waals surface area contributed by atoms with E-state index < -0.39 is 0 Å². The molecule has 0 aromatic carbocycles. The summed E-state index contributed by atoms with van der Waals surface area (Å²) >= 11 is 0. The lowest BCUT2D eigenvalue weighted by molar-refractivity contribution is 0.0901. The van der Waals surface area contributed by atoms with Crippen molar-refractivity contribution in [2.75, 3.05) is 19.6 Å². The Hall–Kier alpha value is -2.86. The third kappa shape index (κ3) is 3.80. The monoisotopic (exact) mass is 361 g/mol. The average Bonchev–Trinajstić information content (AvgIpc) is 2.73. The third-order valence-corrected chi connectivity index (χ3v) is 5.12. The van der Waals surface area contributed by atoms with Gasteiger partial charge in [0.25, 0.3) is 5.91 Å². The number of carbonyl (C=O) groups excluding carboxylic acids is 1. The van der Waals surface area contributed by atoms with Crippen LogP contribution in [-0.4, -0.2) is 51.4 Å². The molecule has 0 unspecified atom stereocenters. The summed E-state index contributed by atoms with van der Waals surface area (Å²) < 4.78 is 0. The zero-order valence-electron chi connectivity index (χ0n) is 15.4. The van der Waals surface area contributed by atoms with E-state index in [0.29, 0.717) is 5.69 Å². The largest absolute Gasteiger partial charge is 0.347 e. The number of piperidine rings is 1. The number of hydrogen-bond acceptors (Lipinski definition) is 5. The number of hydrogen-bond donors (Lipinski definition) is 1. The summed E-state index contributed by atoms with van der Waals surface area (Å²) in [5.74, 6) is -0.119. The molecule has 4 rings (SSSR count). The molecule has 1 aliphatic heterocycles. The number of nitrogens with one attached hydrogen (secondary N) is 1. The van der Waals surface area contributed by atoms with Crippen molar-refractivity contribution in [1.29, 1.82) is 0 Å². The van der Waals surface area contributed by atoms with Gasteiger partial charge in [-0.25, -0.2) is 4.98 Å². The summed E-state index contributed by atoms with van der Waals surface area (Å²) in [5, 5.41) is 4.10. The number of fused-ring (bicyclic) bond motifs is 1. The maximum Gasteiger partial charge on any atom is 0.270 e. The molecule has 0 spiro atoms. The maximum atomic E-state index is 12.9. The number of pyridine rings is 3. The topological polar surface area (TPSA) is 71.0 Å². The van der Waals surface area contributed by atoms with Gasteiger partial charge >= 0.3 is 0 Å². The molecular weight excluding hydrogens is 338 g/mol. The van der Waals surface area contributed by atoms with Crippen molar-refractivity contribution in [3.05, 3.63) is 54.7 Å². The highest BCUT2D eigenvalue weighted by molar-refractivity contribution is 6.01. The Morgan fingerprint density at radius 1 is 1.22 bits per heavy atom. The Labute approximate surface area is 158 Å². The Balaban J connectivity index is 1.67. The summed E-state index contributed by atoms with van der Waals surface area (Å²) in [4.78, 5) is 28.2. The van der Waals surface area contributed by atoms with Crippen LogP contribution in [0.2, 0.25) is 0 Å². The molecule has 1 N–H and O–H groups in total. The molecule has 1 fully saturated rings. The van der Waals surface area contributed by atoms with Gasteiger partial charge in [-0.3, -0.25) is 14.8 Å². The van der Waals surface area contributed by atoms with E-state index in [2.05, 4.69) is 32.1 Å². The van der Waals surface area contributed by atoms with Gasteiger partial charge < -0.3 is 10.2 Å². The lowest BCUT2D eigenvalue weighted by atomic mass is 10.0. The van der Waals surface area contributed by atoms with E-state index in [1.165, 1.54) is 0 Å². The van der Waals surface area contributed by atoms with E-state index >= 15 is 0 Å². The van der Waals surface area contributed by atoms with Crippen LogP contribution in [0.3, 0.4) is 0 Å². The molecule has 0 bridgehead atoms. The average molecular weight is 361 g/mol. The Morgan fingerprint density at radius 2 is 2.04 bits per heavy atom. The number of nitrogens with zero attached hydrogens (tertiary/aromatic N) is 4. The highest BCUT2D eigenvalue weighted by atomic mass is 16.1. The van der Waals surface area contributed by atoms with Gasteiger partial charge in [-0.15, -0.1) is 0 Å². The molecule has 1 atom stereocenters. The standard InChI is InChI=1S/C21H23N5O/c1-2-26-11-3-4-16(14-26)24-21(27)20-12-17(15-5-8-22-9-6-15)18-13-23-10-7-19(18)25-20/h5-10,12-13,16H,2-4,11,14H2,1H3,(H,24,27)/t16-/m1/s1. The van der Waals surface area contributed by atoms with E-state index in [1.54, 1.807) is 24.8 Å². The van der Waals surface area contributed by atoms with Gasteiger partial charge in [0.2, 0.25) is 0 Å². The van der Waals surface area contributed by atoms with E-state index in [9.17, 15) is 4.79 Å². The van der Waals surface area contributed by atoms with Crippen molar-refractivity contribution in [3.8, 4) is 11.1 Å². The van der Waals surface area contributed by atoms with Crippen molar-refractivity contribution >= 4 is 16.8 Å². The van der Waals surface area contributed by atoms with Crippen LogP contribution in [0.1, 0.15) is 30.3 Å². The van der Waals surface area contributed by atoms with Crippen molar-refractivity contribution in [1.82, 2.24) is 25.2 Å². The van der Waals surface area contributed by atoms with Gasteiger partial charge in [-0.05, 0) is 61.3 Å². The van der Waals surface area contributed by atoms with E-state index in [-0.39, 0.29) is 11.9 Å². The number of rotatable bonds is 4. The normalized spacial score (nSPS) is 17.7. The minimum atomic E-state index is -0.119. The second-order valence-corrected chi connectivity index (χ2v) is 6.89. The fraction of sp³-hybridized carbons (Fsp3) is 0.333. The summed E-state index contributed by atoms with van der Waals surface area (Å²) in [5.41, 5.74) is 3.14. The molecule has 138 valence electrons. The van der Waals surface area contributed by atoms with Crippen molar-refractivity contribution < 1.29 is 4.79 Å². The summed E-state index contributed by atoms with van der Waals surface area (Å²) in [7, 11) is 0. The molecule has 4 heterocycles. The first-order valence-corrected chi connectivity index (χ1v) is 9.43. The Kier molecular flexibility index (Phi) is 5.07. The highest BCUT2D eigenvalue weighted by Crippen LogP contribution is 2.27. The molecular formula is C21H23N5O. The zero-order chi connectivity index (χ0) is 18.6. The molecule has 1 aliphatic rings. The molecule has 0 saturated carbocycles. The summed E-state index contributed by atoms with van der Waals surface area (Å²) in [6, 6.07) is 7.74. The molecule has 6 nitrogen and oxygen atoms in total. The zero-order valence-corrected chi connectivity index (χ0v) is 15.4.